The molecule has 2 heterocycles. The molecule has 0 bridgehead atoms. The summed E-state index contributed by atoms with van der Waals surface area (Å²) >= 11 is 5.35. The Morgan fingerprint density at radius 1 is 1.07 bits per heavy atom. The highest BCUT2D eigenvalue weighted by atomic mass is 32.1. The summed E-state index contributed by atoms with van der Waals surface area (Å²) < 4.78 is 2.11. The minimum Gasteiger partial charge on any atom is -0.347 e. The number of nitrogens with zero attached hydrogens (tertiary/aromatic N) is 4. The maximum Gasteiger partial charge on any atom is 0.216 e. The lowest BCUT2D eigenvalue weighted by atomic mass is 9.84. The van der Waals surface area contributed by atoms with Crippen LogP contribution in [0.25, 0.3) is 11.4 Å². The molecule has 1 aromatic heterocycles. The van der Waals surface area contributed by atoms with Crippen molar-refractivity contribution in [2.45, 2.75) is 19.3 Å². The van der Waals surface area contributed by atoms with Crippen molar-refractivity contribution in [2.24, 2.45) is 5.10 Å². The van der Waals surface area contributed by atoms with Gasteiger partial charge in [0.2, 0.25) is 4.77 Å². The average molecular weight is 376 g/mol. The Labute approximate surface area is 163 Å². The number of benzene rings is 2. The van der Waals surface area contributed by atoms with Crippen molar-refractivity contribution < 1.29 is 0 Å². The summed E-state index contributed by atoms with van der Waals surface area (Å²) in [4.78, 5) is 2.22. The van der Waals surface area contributed by atoms with Gasteiger partial charge in [-0.3, -0.25) is 0 Å². The molecule has 1 aliphatic heterocycles. The van der Waals surface area contributed by atoms with E-state index in [1.54, 1.807) is 10.9 Å². The first-order valence-electron chi connectivity index (χ1n) is 8.81. The molecule has 6 heteroatoms. The third kappa shape index (κ3) is 2.92. The molecule has 0 unspecified atom stereocenters. The molecule has 1 N–H and O–H groups in total. The summed E-state index contributed by atoms with van der Waals surface area (Å²) in [7, 11) is 2.09. The van der Waals surface area contributed by atoms with E-state index in [-0.39, 0.29) is 5.41 Å². The van der Waals surface area contributed by atoms with Gasteiger partial charge in [-0.15, -0.1) is 0 Å². The maximum absolute atomic E-state index is 5.35. The highest BCUT2D eigenvalue weighted by Gasteiger charge is 2.37. The molecular formula is C21H21N5S. The van der Waals surface area contributed by atoms with Crippen molar-refractivity contribution in [3.05, 3.63) is 76.7 Å². The second-order valence-corrected chi connectivity index (χ2v) is 7.43. The van der Waals surface area contributed by atoms with Crippen molar-refractivity contribution in [3.8, 4) is 11.4 Å². The molecular weight excluding hydrogens is 354 g/mol. The number of aromatic nitrogens is 3. The third-order valence-corrected chi connectivity index (χ3v) is 5.30. The van der Waals surface area contributed by atoms with Crippen LogP contribution in [0.1, 0.15) is 19.4 Å². The van der Waals surface area contributed by atoms with Gasteiger partial charge in [0.15, 0.2) is 5.82 Å². The lowest BCUT2D eigenvalue weighted by Crippen LogP contribution is -2.23. The predicted octanol–water partition coefficient (Wildman–Crippen LogP) is 4.75. The Bertz CT molecular complexity index is 1090. The second kappa shape index (κ2) is 6.63. The van der Waals surface area contributed by atoms with E-state index >= 15 is 0 Å². The van der Waals surface area contributed by atoms with Crippen molar-refractivity contribution in [3.63, 3.8) is 0 Å². The van der Waals surface area contributed by atoms with Crippen molar-refractivity contribution in [2.75, 3.05) is 11.9 Å². The average Bonchev–Trinajstić information content (AvgIpc) is 3.14. The Balaban J connectivity index is 1.70. The van der Waals surface area contributed by atoms with Gasteiger partial charge < -0.3 is 4.90 Å². The Morgan fingerprint density at radius 3 is 2.52 bits per heavy atom. The Morgan fingerprint density at radius 2 is 1.78 bits per heavy atom. The summed E-state index contributed by atoms with van der Waals surface area (Å²) in [6.45, 7) is 4.46. The Hall–Kier alpha value is -2.99. The third-order valence-electron chi connectivity index (χ3n) is 5.04. The topological polar surface area (TPSA) is 49.2 Å². The zero-order chi connectivity index (χ0) is 19.0. The largest absolute Gasteiger partial charge is 0.347 e. The number of hydrogen-bond acceptors (Lipinski definition) is 4. The highest BCUT2D eigenvalue weighted by molar-refractivity contribution is 7.71. The SMILES string of the molecule is CN1/C(=C\C=N\n2c(-c3ccccc3)n[nH]c2=S)C(C)(C)c2ccccc21. The molecule has 0 aliphatic carbocycles. The minimum atomic E-state index is -0.0858. The first-order valence-corrected chi connectivity index (χ1v) is 9.22. The first-order chi connectivity index (χ1) is 13.0. The molecule has 1 aliphatic rings. The summed E-state index contributed by atoms with van der Waals surface area (Å²) in [5.74, 6) is 0.692. The van der Waals surface area contributed by atoms with Crippen molar-refractivity contribution in [1.82, 2.24) is 14.9 Å². The number of hydrogen-bond donors (Lipinski definition) is 1. The van der Waals surface area contributed by atoms with Gasteiger partial charge in [0.25, 0.3) is 0 Å². The maximum atomic E-state index is 5.35. The van der Waals surface area contributed by atoms with E-state index in [4.69, 9.17) is 12.2 Å². The number of rotatable bonds is 3. The van der Waals surface area contributed by atoms with E-state index in [9.17, 15) is 0 Å². The second-order valence-electron chi connectivity index (χ2n) is 7.05. The number of likely N-dealkylation sites (N-methyl/N-ethyl adjacent to an activating group) is 1. The van der Waals surface area contributed by atoms with Gasteiger partial charge in [-0.25, -0.2) is 5.10 Å². The molecule has 0 radical (unpaired) electrons. The molecule has 0 spiro atoms. The van der Waals surface area contributed by atoms with Crippen LogP contribution in [0.4, 0.5) is 5.69 Å². The molecule has 27 heavy (non-hydrogen) atoms. The van der Waals surface area contributed by atoms with Gasteiger partial charge >= 0.3 is 0 Å². The van der Waals surface area contributed by atoms with E-state index in [1.807, 2.05) is 36.4 Å². The molecule has 4 rings (SSSR count). The summed E-state index contributed by atoms with van der Waals surface area (Å²) in [5, 5.41) is 11.7. The minimum absolute atomic E-state index is 0.0858. The fourth-order valence-electron chi connectivity index (χ4n) is 3.65. The first kappa shape index (κ1) is 17.4. The fourth-order valence-corrected chi connectivity index (χ4v) is 3.82. The van der Waals surface area contributed by atoms with Crippen LogP contribution in [0.15, 0.2) is 71.5 Å². The normalized spacial score (nSPS) is 17.0. The molecule has 5 nitrogen and oxygen atoms in total. The zero-order valence-electron chi connectivity index (χ0n) is 15.5. The smallest absolute Gasteiger partial charge is 0.216 e. The fraction of sp³-hybridized carbons (Fsp3) is 0.190. The van der Waals surface area contributed by atoms with E-state index in [2.05, 4.69) is 65.4 Å². The lowest BCUT2D eigenvalue weighted by molar-refractivity contribution is 0.641. The number of para-hydroxylation sites is 1. The van der Waals surface area contributed by atoms with Crippen molar-refractivity contribution >= 4 is 24.1 Å². The molecule has 2 aromatic carbocycles. The Kier molecular flexibility index (Phi) is 4.28. The van der Waals surface area contributed by atoms with Gasteiger partial charge in [0.1, 0.15) is 0 Å². The number of nitrogens with one attached hydrogen (secondary N) is 1. The molecule has 0 fully saturated rings. The highest BCUT2D eigenvalue weighted by Crippen LogP contribution is 2.46. The lowest BCUT2D eigenvalue weighted by Gasteiger charge is -2.23. The molecule has 0 saturated carbocycles. The summed E-state index contributed by atoms with van der Waals surface area (Å²) in [6.07, 6.45) is 3.83. The van der Waals surface area contributed by atoms with Gasteiger partial charge in [-0.05, 0) is 29.9 Å². The van der Waals surface area contributed by atoms with Crippen LogP contribution in [-0.2, 0) is 5.41 Å². The number of fused-ring (bicyclic) bond motifs is 1. The molecule has 0 amide bonds. The zero-order valence-corrected chi connectivity index (χ0v) is 16.4. The predicted molar refractivity (Wildman–Crippen MR) is 113 cm³/mol. The molecule has 3 aromatic rings. The number of allylic oxidation sites excluding steroid dienone is 2. The molecule has 0 atom stereocenters. The van der Waals surface area contributed by atoms with Crippen LogP contribution in [-0.4, -0.2) is 28.1 Å². The number of H-pyrrole nitrogens is 1. The van der Waals surface area contributed by atoms with Gasteiger partial charge in [-0.2, -0.15) is 14.9 Å². The van der Waals surface area contributed by atoms with Crippen LogP contribution in [0.5, 0.6) is 0 Å². The van der Waals surface area contributed by atoms with Gasteiger partial charge in [-0.1, -0.05) is 62.4 Å². The van der Waals surface area contributed by atoms with Crippen LogP contribution >= 0.6 is 12.2 Å². The van der Waals surface area contributed by atoms with Crippen LogP contribution < -0.4 is 4.90 Å². The van der Waals surface area contributed by atoms with E-state index in [0.29, 0.717) is 10.6 Å². The van der Waals surface area contributed by atoms with Crippen LogP contribution in [0.2, 0.25) is 0 Å². The van der Waals surface area contributed by atoms with E-state index < -0.39 is 0 Å². The van der Waals surface area contributed by atoms with Crippen LogP contribution in [0, 0.1) is 4.77 Å². The molecule has 136 valence electrons. The van der Waals surface area contributed by atoms with Crippen LogP contribution in [0.3, 0.4) is 0 Å². The van der Waals surface area contributed by atoms with Gasteiger partial charge in [0, 0.05) is 35.6 Å². The quantitative estimate of drug-likeness (QED) is 0.531. The van der Waals surface area contributed by atoms with E-state index in [0.717, 1.165) is 5.56 Å². The number of aromatic amines is 1. The number of anilines is 1. The monoisotopic (exact) mass is 375 g/mol. The molecule has 0 saturated heterocycles. The summed E-state index contributed by atoms with van der Waals surface area (Å²) in [5.41, 5.74) is 4.60. The van der Waals surface area contributed by atoms with E-state index in [1.165, 1.54) is 16.9 Å². The summed E-state index contributed by atoms with van der Waals surface area (Å²) in [6, 6.07) is 18.4. The standard InChI is InChI=1S/C21H21N5S/c1-21(2)16-11-7-8-12-17(16)25(3)18(21)13-14-22-26-19(23-24-20(26)27)15-9-5-4-6-10-15/h4-14H,1-3H3,(H,24,27)/b18-13-,22-14+. The van der Waals surface area contributed by atoms with Crippen molar-refractivity contribution in [1.29, 1.82) is 0 Å². The van der Waals surface area contributed by atoms with Gasteiger partial charge in [0.05, 0.1) is 0 Å².